The van der Waals surface area contributed by atoms with Gasteiger partial charge < -0.3 is 156 Å². The third kappa shape index (κ3) is 40.4. The van der Waals surface area contributed by atoms with Crippen molar-refractivity contribution in [2.24, 2.45) is 51.0 Å². The SMILES string of the molecule is CC[C@H](C)[C@H](NC(=O)[C@@H]1C[C@@H](O)CN1)C(=O)N[C@H](C(=O)N[C@@H](Cc1ccc(O)cc1)C(=O)N[C@H](C(=O)N[C@@H](CC(N)=O)C(=O)N[C@@H](CCCN=C(N)N)C(=O)N[C@@H](CCN)C(=O)N[C@H](C(=O)N[C@H](CCN)C(=O)N[C@@H](CCCCN)C(=O)N[C@@H](CS)C(=O)N[C@@H](CCN)C(=O)N[C@@H](CCCNC(C)C)C(=O)N[C@@H](Cc1ccc(O)cc1)C(=O)O)[C@@H](C)O)C(C)(C)S)[C@@H](C)O. The van der Waals surface area contributed by atoms with Crippen LogP contribution in [0.15, 0.2) is 53.5 Å². The van der Waals surface area contributed by atoms with Crippen LogP contribution in [0.5, 0.6) is 11.5 Å². The highest BCUT2D eigenvalue weighted by molar-refractivity contribution is 7.81. The van der Waals surface area contributed by atoms with E-state index >= 15 is 0 Å². The van der Waals surface area contributed by atoms with Crippen LogP contribution in [0.4, 0.5) is 0 Å². The highest BCUT2D eigenvalue weighted by Crippen LogP contribution is 2.22. The van der Waals surface area contributed by atoms with Crippen LogP contribution in [-0.4, -0.2) is 302 Å². The van der Waals surface area contributed by atoms with Gasteiger partial charge in [-0.25, -0.2) is 4.79 Å². The smallest absolute Gasteiger partial charge is 0.326 e. The fourth-order valence-electron chi connectivity index (χ4n) is 13.2. The van der Waals surface area contributed by atoms with Gasteiger partial charge in [-0.1, -0.05) is 58.4 Å². The van der Waals surface area contributed by atoms with Gasteiger partial charge in [-0.05, 0) is 172 Å². The molecule has 2 aromatic carbocycles. The first-order valence-corrected chi connectivity index (χ1v) is 43.8. The Morgan fingerprint density at radius 1 is 0.465 bits per heavy atom. The van der Waals surface area contributed by atoms with E-state index in [-0.39, 0.29) is 127 Å². The number of guanidine groups is 1. The zero-order valence-electron chi connectivity index (χ0n) is 74.0. The maximum absolute atomic E-state index is 14.7. The number of hydrogen-bond donors (Lipinski definition) is 31. The Morgan fingerprint density at radius 2 is 0.837 bits per heavy atom. The molecule has 0 bridgehead atoms. The fraction of sp³-hybridized carbons (Fsp3) is 0.642. The number of hydrogen-bond acceptors (Lipinski definition) is 30. The number of nitrogens with two attached hydrogens (primary N) is 7. The van der Waals surface area contributed by atoms with E-state index in [1.54, 1.807) is 13.8 Å². The molecule has 0 saturated carbocycles. The fourth-order valence-corrected chi connectivity index (χ4v) is 13.7. The van der Waals surface area contributed by atoms with Crippen LogP contribution in [-0.2, 0) is 89.6 Å². The number of unbranched alkanes of at least 4 members (excludes halogenated alkanes) is 1. The number of nitrogens with one attached hydrogen (secondary N) is 16. The number of carboxylic acids is 1. The van der Waals surface area contributed by atoms with Gasteiger partial charge >= 0.3 is 5.97 Å². The molecule has 46 nitrogen and oxygen atoms in total. The minimum absolute atomic E-state index is 0.00198. The van der Waals surface area contributed by atoms with E-state index in [1.807, 2.05) is 13.8 Å². The summed E-state index contributed by atoms with van der Waals surface area (Å²) in [6.07, 6.45) is -6.04. The molecule has 0 aromatic heterocycles. The number of rotatable bonds is 60. The summed E-state index contributed by atoms with van der Waals surface area (Å²) in [7, 11) is 0. The molecule has 1 fully saturated rings. The summed E-state index contributed by atoms with van der Waals surface area (Å²) in [5.41, 5.74) is 41.1. The molecule has 724 valence electrons. The lowest BCUT2D eigenvalue weighted by Crippen LogP contribution is -2.64. The van der Waals surface area contributed by atoms with Crippen molar-refractivity contribution in [3.8, 4) is 11.5 Å². The van der Waals surface area contributed by atoms with Crippen molar-refractivity contribution < 1.29 is 107 Å². The highest BCUT2D eigenvalue weighted by Gasteiger charge is 2.43. The number of aliphatic imine (C=N–C) groups is 1. The number of aliphatic hydroxyl groups is 3. The van der Waals surface area contributed by atoms with Crippen molar-refractivity contribution in [1.29, 1.82) is 0 Å². The Balaban J connectivity index is 1.91. The number of β-amino-alcohol motifs (C(OH)–C–C–N with tert-alkyl or cyclic N) is 1. The number of phenolic OH excluding ortho intramolecular Hbond substituents is 2. The van der Waals surface area contributed by atoms with E-state index in [2.05, 4.69) is 115 Å². The van der Waals surface area contributed by atoms with Gasteiger partial charge in [-0.3, -0.25) is 76.9 Å². The first-order valence-electron chi connectivity index (χ1n) is 42.7. The second-order valence-corrected chi connectivity index (χ2v) is 34.0. The predicted octanol–water partition coefficient (Wildman–Crippen LogP) is -9.19. The van der Waals surface area contributed by atoms with Gasteiger partial charge in [0, 0.05) is 42.5 Å². The number of thiol groups is 2. The van der Waals surface area contributed by atoms with E-state index in [1.165, 1.54) is 69.3 Å². The molecule has 0 unspecified atom stereocenters. The number of carbonyl (C=O) groups is 16. The molecule has 3 rings (SSSR count). The lowest BCUT2D eigenvalue weighted by atomic mass is 9.96. The normalized spacial score (nSPS) is 17.1. The zero-order chi connectivity index (χ0) is 97.1. The average molecular weight is 1860 g/mol. The second-order valence-electron chi connectivity index (χ2n) is 32.5. The summed E-state index contributed by atoms with van der Waals surface area (Å²) in [6.45, 7) is 11.9. The summed E-state index contributed by atoms with van der Waals surface area (Å²) in [5, 5.41) is 103. The third-order valence-electron chi connectivity index (χ3n) is 20.7. The number of nitrogens with zero attached hydrogens (tertiary/aromatic N) is 1. The quantitative estimate of drug-likeness (QED) is 0.0127. The van der Waals surface area contributed by atoms with Gasteiger partial charge in [-0.2, -0.15) is 25.3 Å². The Labute approximate surface area is 759 Å². The number of carboxylic acid groups (broad SMARTS) is 1. The molecule has 1 heterocycles. The van der Waals surface area contributed by atoms with Crippen LogP contribution in [0.1, 0.15) is 150 Å². The maximum Gasteiger partial charge on any atom is 0.326 e. The average Bonchev–Trinajstić information content (AvgIpc) is 1.59. The van der Waals surface area contributed by atoms with Gasteiger partial charge in [0.1, 0.15) is 96.1 Å². The lowest BCUT2D eigenvalue weighted by Gasteiger charge is -2.33. The van der Waals surface area contributed by atoms with Crippen molar-refractivity contribution in [2.45, 2.75) is 271 Å². The van der Waals surface area contributed by atoms with Gasteiger partial charge in [0.2, 0.25) is 88.6 Å². The molecule has 48 heteroatoms. The molecule has 15 amide bonds. The van der Waals surface area contributed by atoms with E-state index in [0.717, 1.165) is 6.92 Å². The second kappa shape index (κ2) is 57.3. The molecule has 2 aromatic rings. The standard InChI is InChI=1S/C81H136N24O22S2/c1-9-41(4)61(102-71(118)55-36-48(110)38-91-55)75(122)104-63(43(6)107)77(124)98-56(34-44-17-21-46(108)22-18-44)73(120)105-64(81(7,8)129)78(125)99-57(37-60(86)111)72(119)94-50(16-13-33-90-80(87)88)65(112)95-54(27-31-85)70(117)103-62(42(5)106)76(123)97-53(26-30-84)69(116)92-49(14-10-11-28-82)67(114)101-59(39-128)74(121)96-52(25-29-83)68(115)93-51(15-12-32-89-40(2)3)66(113)100-58(79(126)127)35-45-19-23-47(109)24-20-45/h17-24,40-43,48-59,61-64,89,91,106-110,128-129H,9-16,25-39,82-85H2,1-8H3,(H2,86,111)(H,92,116)(H,93,115)(H,94,119)(H,95,112)(H,96,121)(H,97,123)(H,98,124)(H,99,125)(H,100,113)(H,101,114)(H,102,118)(H,103,117)(H,104,122)(H,105,120)(H,126,127)(H4,87,88,90)/t41-,42+,43+,48+,49-,50-,51-,52-,53+,54-,55-,56-,57-,58-,59-,61-,62-,63-,64+/m0/s1. The van der Waals surface area contributed by atoms with Crippen LogP contribution in [0.3, 0.4) is 0 Å². The summed E-state index contributed by atoms with van der Waals surface area (Å²) < 4.78 is -1.61. The number of phenols is 2. The summed E-state index contributed by atoms with van der Waals surface area (Å²) >= 11 is 8.87. The lowest BCUT2D eigenvalue weighted by molar-refractivity contribution is -0.142. The number of carbonyl (C=O) groups excluding carboxylic acids is 15. The molecule has 1 saturated heterocycles. The molecular weight excluding hydrogens is 1730 g/mol. The van der Waals surface area contributed by atoms with Crippen molar-refractivity contribution in [1.82, 2.24) is 85.1 Å². The van der Waals surface area contributed by atoms with Crippen molar-refractivity contribution >= 4 is 126 Å². The maximum atomic E-state index is 14.7. The van der Waals surface area contributed by atoms with Gasteiger partial charge in [0.05, 0.1) is 30.8 Å². The highest BCUT2D eigenvalue weighted by atomic mass is 32.1. The summed E-state index contributed by atoms with van der Waals surface area (Å²) in [4.78, 5) is 229. The molecule has 1 aliphatic rings. The number of aliphatic carboxylic acids is 1. The van der Waals surface area contributed by atoms with E-state index < -0.39 is 233 Å². The van der Waals surface area contributed by atoms with Crippen molar-refractivity contribution in [3.63, 3.8) is 0 Å². The Hall–Kier alpha value is -10.8. The Kier molecular flexibility index (Phi) is 49.9. The van der Waals surface area contributed by atoms with Crippen LogP contribution in [0.2, 0.25) is 0 Å². The van der Waals surface area contributed by atoms with Crippen LogP contribution in [0.25, 0.3) is 0 Å². The van der Waals surface area contributed by atoms with Gasteiger partial charge in [-0.15, -0.1) is 0 Å². The van der Waals surface area contributed by atoms with Crippen molar-refractivity contribution in [3.05, 3.63) is 59.7 Å². The largest absolute Gasteiger partial charge is 0.508 e. The molecule has 0 aliphatic carbocycles. The number of primary amides is 1. The molecule has 19 atom stereocenters. The van der Waals surface area contributed by atoms with E-state index in [4.69, 9.17) is 40.1 Å². The molecule has 129 heavy (non-hydrogen) atoms. The zero-order valence-corrected chi connectivity index (χ0v) is 75.8. The van der Waals surface area contributed by atoms with E-state index in [9.17, 15) is 107 Å². The molecule has 0 spiro atoms. The van der Waals surface area contributed by atoms with Crippen molar-refractivity contribution in [2.75, 3.05) is 51.6 Å². The van der Waals surface area contributed by atoms with E-state index in [0.29, 0.717) is 36.9 Å². The summed E-state index contributed by atoms with van der Waals surface area (Å²) in [5.74, 6) is -18.6. The Morgan fingerprint density at radius 3 is 1.23 bits per heavy atom. The summed E-state index contributed by atoms with van der Waals surface area (Å²) in [6, 6.07) is -12.6. The molecule has 0 radical (unpaired) electrons. The molecule has 1 aliphatic heterocycles. The van der Waals surface area contributed by atoms with Crippen LogP contribution in [0, 0.1) is 5.92 Å². The number of benzene rings is 2. The minimum Gasteiger partial charge on any atom is -0.508 e. The molecular formula is C81H136N24O22S2. The van der Waals surface area contributed by atoms with Crippen LogP contribution < -0.4 is 125 Å². The number of aromatic hydroxyl groups is 2. The minimum atomic E-state index is -1.98. The first kappa shape index (κ1) is 112. The Bertz CT molecular complexity index is 4050. The number of aliphatic hydroxyl groups excluding tert-OH is 3. The monoisotopic (exact) mass is 1860 g/mol. The first-order chi connectivity index (χ1) is 60.7. The van der Waals surface area contributed by atoms with Crippen LogP contribution >= 0.6 is 25.3 Å². The van der Waals surface area contributed by atoms with Gasteiger partial charge in [0.25, 0.3) is 0 Å². The number of amides is 15. The van der Waals surface area contributed by atoms with Gasteiger partial charge in [0.15, 0.2) is 5.96 Å². The topological polar surface area (TPSA) is 781 Å². The molecule has 36 N–H and O–H groups in total. The predicted molar refractivity (Wildman–Crippen MR) is 480 cm³/mol. The third-order valence-corrected chi connectivity index (χ3v) is 21.4.